The van der Waals surface area contributed by atoms with Gasteiger partial charge in [-0.2, -0.15) is 0 Å². The molecule has 2 aromatic carbocycles. The lowest BCUT2D eigenvalue weighted by Crippen LogP contribution is -2.38. The van der Waals surface area contributed by atoms with Crippen molar-refractivity contribution in [2.45, 2.75) is 44.6 Å². The van der Waals surface area contributed by atoms with Crippen LogP contribution in [0.5, 0.6) is 0 Å². The number of aliphatic carboxylic acids is 1. The van der Waals surface area contributed by atoms with E-state index in [0.29, 0.717) is 19.4 Å². The summed E-state index contributed by atoms with van der Waals surface area (Å²) in [4.78, 5) is 34.7. The van der Waals surface area contributed by atoms with Gasteiger partial charge in [-0.3, -0.25) is 9.59 Å². The molecule has 1 atom stereocenters. The lowest BCUT2D eigenvalue weighted by Gasteiger charge is -2.17. The molecule has 2 aromatic rings. The molecule has 0 radical (unpaired) electrons. The molecule has 0 heterocycles. The fraction of sp³-hybridized carbons (Fsp3) is 0.375. The Kier molecular flexibility index (Phi) is 7.65. The van der Waals surface area contributed by atoms with Crippen molar-refractivity contribution in [2.24, 2.45) is 0 Å². The van der Waals surface area contributed by atoms with E-state index in [1.54, 1.807) is 6.92 Å². The van der Waals surface area contributed by atoms with Crippen LogP contribution in [0, 0.1) is 0 Å². The Morgan fingerprint density at radius 3 is 2.23 bits per heavy atom. The molecule has 0 bridgehead atoms. The Morgan fingerprint density at radius 2 is 1.61 bits per heavy atom. The first-order valence-corrected chi connectivity index (χ1v) is 10.6. The zero-order chi connectivity index (χ0) is 22.2. The summed E-state index contributed by atoms with van der Waals surface area (Å²) in [7, 11) is 0. The molecular formula is C24H28N2O5. The molecule has 164 valence electrons. The predicted molar refractivity (Wildman–Crippen MR) is 117 cm³/mol. The molecule has 0 saturated carbocycles. The molecule has 0 fully saturated rings. The third-order valence-corrected chi connectivity index (χ3v) is 5.34. The molecule has 7 nitrogen and oxygen atoms in total. The first kappa shape index (κ1) is 22.3. The van der Waals surface area contributed by atoms with E-state index >= 15 is 0 Å². The minimum absolute atomic E-state index is 0.0115. The summed E-state index contributed by atoms with van der Waals surface area (Å²) in [5, 5.41) is 14.0. The van der Waals surface area contributed by atoms with Crippen LogP contribution in [0.15, 0.2) is 48.5 Å². The number of hydrogen-bond donors (Lipinski definition) is 3. The van der Waals surface area contributed by atoms with Crippen LogP contribution in [0.1, 0.15) is 49.7 Å². The van der Waals surface area contributed by atoms with Gasteiger partial charge in [-0.15, -0.1) is 0 Å². The number of carboxylic acid groups (broad SMARTS) is 1. The van der Waals surface area contributed by atoms with Gasteiger partial charge in [0.05, 0.1) is 0 Å². The van der Waals surface area contributed by atoms with Crippen LogP contribution in [0.25, 0.3) is 11.1 Å². The molecule has 1 aliphatic carbocycles. The number of alkyl carbamates (subject to hydrolysis) is 1. The molecule has 0 aromatic heterocycles. The van der Waals surface area contributed by atoms with E-state index in [1.165, 1.54) is 11.1 Å². The standard InChI is InChI=1S/C24H28N2O5/c1-16(14-22(27)25-13-7-6-12-23(28)29)26-24(30)31-15-21-19-10-4-2-8-17(19)18-9-3-5-11-20(18)21/h2-5,8-11,16,21H,6-7,12-15H2,1H3,(H,25,27)(H,26,30)(H,28,29)/t16-/m1/s1. The predicted octanol–water partition coefficient (Wildman–Crippen LogP) is 3.67. The molecule has 3 N–H and O–H groups in total. The maximum atomic E-state index is 12.3. The smallest absolute Gasteiger partial charge is 0.407 e. The van der Waals surface area contributed by atoms with Crippen molar-refractivity contribution < 1.29 is 24.2 Å². The molecule has 3 rings (SSSR count). The number of benzene rings is 2. The second-order valence-corrected chi connectivity index (χ2v) is 7.78. The zero-order valence-electron chi connectivity index (χ0n) is 17.6. The highest BCUT2D eigenvalue weighted by atomic mass is 16.5. The van der Waals surface area contributed by atoms with Crippen molar-refractivity contribution in [3.63, 3.8) is 0 Å². The number of hydrogen-bond acceptors (Lipinski definition) is 4. The van der Waals surface area contributed by atoms with Crippen LogP contribution in [-0.4, -0.2) is 42.3 Å². The van der Waals surface area contributed by atoms with E-state index < -0.39 is 12.1 Å². The third-order valence-electron chi connectivity index (χ3n) is 5.34. The maximum absolute atomic E-state index is 12.3. The van der Waals surface area contributed by atoms with Crippen LogP contribution in [0.2, 0.25) is 0 Å². The Morgan fingerprint density at radius 1 is 1.00 bits per heavy atom. The van der Waals surface area contributed by atoms with Gasteiger partial charge in [0.15, 0.2) is 0 Å². The van der Waals surface area contributed by atoms with Crippen molar-refractivity contribution in [1.29, 1.82) is 0 Å². The van der Waals surface area contributed by atoms with Crippen molar-refractivity contribution in [3.8, 4) is 11.1 Å². The number of carbonyl (C=O) groups is 3. The van der Waals surface area contributed by atoms with Gasteiger partial charge < -0.3 is 20.5 Å². The van der Waals surface area contributed by atoms with Crippen LogP contribution < -0.4 is 10.6 Å². The van der Waals surface area contributed by atoms with Crippen molar-refractivity contribution in [2.75, 3.05) is 13.2 Å². The lowest BCUT2D eigenvalue weighted by molar-refractivity contribution is -0.137. The third kappa shape index (κ3) is 6.07. The molecule has 0 unspecified atom stereocenters. The highest BCUT2D eigenvalue weighted by molar-refractivity contribution is 5.79. The van der Waals surface area contributed by atoms with Gasteiger partial charge in [0.25, 0.3) is 0 Å². The van der Waals surface area contributed by atoms with E-state index in [9.17, 15) is 14.4 Å². The fourth-order valence-corrected chi connectivity index (χ4v) is 3.87. The highest BCUT2D eigenvalue weighted by Gasteiger charge is 2.29. The summed E-state index contributed by atoms with van der Waals surface area (Å²) in [5.74, 6) is -1.04. The van der Waals surface area contributed by atoms with Gasteiger partial charge in [0, 0.05) is 31.3 Å². The average Bonchev–Trinajstić information content (AvgIpc) is 3.05. The zero-order valence-corrected chi connectivity index (χ0v) is 17.6. The van der Waals surface area contributed by atoms with Crippen molar-refractivity contribution >= 4 is 18.0 Å². The molecule has 2 amide bonds. The minimum Gasteiger partial charge on any atom is -0.481 e. The maximum Gasteiger partial charge on any atom is 0.407 e. The Balaban J connectivity index is 1.43. The average molecular weight is 424 g/mol. The Bertz CT molecular complexity index is 898. The van der Waals surface area contributed by atoms with Crippen molar-refractivity contribution in [3.05, 3.63) is 59.7 Å². The van der Waals surface area contributed by atoms with Gasteiger partial charge in [-0.1, -0.05) is 48.5 Å². The van der Waals surface area contributed by atoms with Crippen LogP contribution in [0.3, 0.4) is 0 Å². The van der Waals surface area contributed by atoms with Gasteiger partial charge in [-0.25, -0.2) is 4.79 Å². The summed E-state index contributed by atoms with van der Waals surface area (Å²) in [6, 6.07) is 15.9. The van der Waals surface area contributed by atoms with Gasteiger partial charge >= 0.3 is 12.1 Å². The number of fused-ring (bicyclic) bond motifs is 3. The van der Waals surface area contributed by atoms with Gasteiger partial charge in [-0.05, 0) is 42.0 Å². The topological polar surface area (TPSA) is 105 Å². The minimum atomic E-state index is -0.841. The molecular weight excluding hydrogens is 396 g/mol. The van der Waals surface area contributed by atoms with E-state index in [-0.39, 0.29) is 37.3 Å². The highest BCUT2D eigenvalue weighted by Crippen LogP contribution is 2.44. The van der Waals surface area contributed by atoms with E-state index in [0.717, 1.165) is 11.1 Å². The molecule has 0 saturated heterocycles. The summed E-state index contributed by atoms with van der Waals surface area (Å²) >= 11 is 0. The second-order valence-electron chi connectivity index (χ2n) is 7.78. The number of nitrogens with one attached hydrogen (secondary N) is 2. The number of carboxylic acids is 1. The SMILES string of the molecule is C[C@H](CC(=O)NCCCCC(=O)O)NC(=O)OCC1c2ccccc2-c2ccccc21. The first-order chi connectivity index (χ1) is 15.0. The number of amides is 2. The van der Waals surface area contributed by atoms with Gasteiger partial charge in [0.2, 0.25) is 5.91 Å². The molecule has 7 heteroatoms. The number of rotatable bonds is 10. The largest absolute Gasteiger partial charge is 0.481 e. The van der Waals surface area contributed by atoms with Crippen LogP contribution in [0.4, 0.5) is 4.79 Å². The van der Waals surface area contributed by atoms with Crippen LogP contribution >= 0.6 is 0 Å². The number of ether oxygens (including phenoxy) is 1. The summed E-state index contributed by atoms with van der Waals surface area (Å²) in [6.07, 6.45) is 0.789. The van der Waals surface area contributed by atoms with E-state index in [2.05, 4.69) is 34.9 Å². The summed E-state index contributed by atoms with van der Waals surface area (Å²) < 4.78 is 5.49. The van der Waals surface area contributed by atoms with E-state index in [1.807, 2.05) is 24.3 Å². The summed E-state index contributed by atoms with van der Waals surface area (Å²) in [5.41, 5.74) is 4.62. The molecule has 1 aliphatic rings. The molecule has 0 spiro atoms. The number of carbonyl (C=O) groups excluding carboxylic acids is 2. The lowest BCUT2D eigenvalue weighted by atomic mass is 9.98. The Labute approximate surface area is 181 Å². The Hall–Kier alpha value is -3.35. The molecule has 0 aliphatic heterocycles. The normalized spacial score (nSPS) is 13.1. The van der Waals surface area contributed by atoms with Gasteiger partial charge in [0.1, 0.15) is 6.61 Å². The summed E-state index contributed by atoms with van der Waals surface area (Å²) in [6.45, 7) is 2.39. The quantitative estimate of drug-likeness (QED) is 0.505. The second kappa shape index (κ2) is 10.6. The fourth-order valence-electron chi connectivity index (χ4n) is 3.87. The first-order valence-electron chi connectivity index (χ1n) is 10.6. The molecule has 31 heavy (non-hydrogen) atoms. The monoisotopic (exact) mass is 424 g/mol. The van der Waals surface area contributed by atoms with E-state index in [4.69, 9.17) is 9.84 Å². The van der Waals surface area contributed by atoms with Crippen LogP contribution in [-0.2, 0) is 14.3 Å². The van der Waals surface area contributed by atoms with Crippen molar-refractivity contribution in [1.82, 2.24) is 10.6 Å². The number of unbranched alkanes of at least 4 members (excludes halogenated alkanes) is 1.